The van der Waals surface area contributed by atoms with Crippen LogP contribution in [0.25, 0.3) is 0 Å². The van der Waals surface area contributed by atoms with Crippen molar-refractivity contribution >= 4 is 34.7 Å². The van der Waals surface area contributed by atoms with E-state index in [1.54, 1.807) is 30.3 Å². The monoisotopic (exact) mass is 293 g/mol. The lowest BCUT2D eigenvalue weighted by Gasteiger charge is -2.07. The highest BCUT2D eigenvalue weighted by molar-refractivity contribution is 8.14. The highest BCUT2D eigenvalue weighted by atomic mass is 32.2. The van der Waals surface area contributed by atoms with Crippen molar-refractivity contribution in [1.82, 2.24) is 5.32 Å². The molecule has 1 fully saturated rings. The smallest absolute Gasteiger partial charge is 0.317 e. The number of nitrogens with one attached hydrogen (secondary N) is 1. The molecule has 0 bridgehead atoms. The van der Waals surface area contributed by atoms with Crippen molar-refractivity contribution in [2.75, 3.05) is 5.75 Å². The number of ether oxygens (including phenoxy) is 1. The van der Waals surface area contributed by atoms with Crippen LogP contribution in [-0.4, -0.2) is 34.8 Å². The minimum atomic E-state index is -1.08. The van der Waals surface area contributed by atoms with Gasteiger partial charge in [-0.2, -0.15) is 0 Å². The van der Waals surface area contributed by atoms with E-state index in [4.69, 9.17) is 4.74 Å². The fourth-order valence-electron chi connectivity index (χ4n) is 1.60. The number of esters is 1. The molecule has 104 valence electrons. The Morgan fingerprint density at radius 2 is 1.95 bits per heavy atom. The minimum Gasteiger partial charge on any atom is -0.451 e. The molecule has 1 heterocycles. The first-order chi connectivity index (χ1) is 9.56. The summed E-state index contributed by atoms with van der Waals surface area (Å²) in [5, 5.41) is 1.78. The van der Waals surface area contributed by atoms with Gasteiger partial charge >= 0.3 is 5.97 Å². The van der Waals surface area contributed by atoms with Crippen LogP contribution in [0, 0.1) is 0 Å². The van der Waals surface area contributed by atoms with Crippen LogP contribution in [0.4, 0.5) is 0 Å². The quantitative estimate of drug-likeness (QED) is 0.643. The van der Waals surface area contributed by atoms with E-state index < -0.39 is 23.9 Å². The number of hydrogen-bond donors (Lipinski definition) is 1. The number of carbonyl (C=O) groups is 4. The number of carbonyl (C=O) groups excluding carboxylic acids is 4. The van der Waals surface area contributed by atoms with Gasteiger partial charge in [-0.15, -0.1) is 0 Å². The Labute approximate surface area is 118 Å². The van der Waals surface area contributed by atoms with Crippen LogP contribution in [0.2, 0.25) is 0 Å². The average molecular weight is 293 g/mol. The lowest BCUT2D eigenvalue weighted by atomic mass is 10.2. The summed E-state index contributed by atoms with van der Waals surface area (Å²) < 4.78 is 4.84. The summed E-state index contributed by atoms with van der Waals surface area (Å²) in [5.41, 5.74) is 0.485. The summed E-state index contributed by atoms with van der Waals surface area (Å²) in [6.07, 6.45) is -1.25. The van der Waals surface area contributed by atoms with E-state index in [2.05, 4.69) is 0 Å². The largest absolute Gasteiger partial charge is 0.451 e. The van der Waals surface area contributed by atoms with Crippen molar-refractivity contribution in [2.45, 2.75) is 12.5 Å². The minimum absolute atomic E-state index is 0.165. The van der Waals surface area contributed by atoms with Crippen LogP contribution in [0.15, 0.2) is 30.3 Å². The van der Waals surface area contributed by atoms with Gasteiger partial charge in [0.1, 0.15) is 0 Å². The zero-order chi connectivity index (χ0) is 14.5. The normalized spacial score (nSPS) is 17.7. The van der Waals surface area contributed by atoms with Crippen molar-refractivity contribution < 1.29 is 23.9 Å². The van der Waals surface area contributed by atoms with Crippen LogP contribution >= 0.6 is 11.8 Å². The number of imide groups is 1. The van der Waals surface area contributed by atoms with Gasteiger partial charge in [-0.05, 0) is 0 Å². The van der Waals surface area contributed by atoms with Crippen molar-refractivity contribution in [3.8, 4) is 0 Å². The molecule has 1 aliphatic rings. The van der Waals surface area contributed by atoms with Gasteiger partial charge in [-0.1, -0.05) is 42.1 Å². The maximum Gasteiger partial charge on any atom is 0.317 e. The molecule has 6 nitrogen and oxygen atoms in total. The summed E-state index contributed by atoms with van der Waals surface area (Å²) in [6, 6.07) is 8.51. The number of hydrogen-bond acceptors (Lipinski definition) is 6. The van der Waals surface area contributed by atoms with Gasteiger partial charge in [0.05, 0.1) is 12.2 Å². The van der Waals surface area contributed by atoms with Crippen LogP contribution in [0.3, 0.4) is 0 Å². The maximum atomic E-state index is 11.7. The second-order valence-electron chi connectivity index (χ2n) is 4.04. The van der Waals surface area contributed by atoms with Crippen LogP contribution in [-0.2, 0) is 19.1 Å². The first kappa shape index (κ1) is 14.3. The van der Waals surface area contributed by atoms with Gasteiger partial charge in [0, 0.05) is 5.56 Å². The van der Waals surface area contributed by atoms with Gasteiger partial charge in [0.15, 0.2) is 6.10 Å². The number of amides is 2. The van der Waals surface area contributed by atoms with Crippen LogP contribution in [0.5, 0.6) is 0 Å². The van der Waals surface area contributed by atoms with Gasteiger partial charge in [-0.25, -0.2) is 0 Å². The Hall–Kier alpha value is -2.15. The molecular weight excluding hydrogens is 282 g/mol. The second kappa shape index (κ2) is 6.33. The Morgan fingerprint density at radius 1 is 1.25 bits per heavy atom. The van der Waals surface area contributed by atoms with Gasteiger partial charge in [0.2, 0.25) is 11.0 Å². The molecule has 0 spiro atoms. The van der Waals surface area contributed by atoms with E-state index in [9.17, 15) is 19.2 Å². The number of benzene rings is 1. The highest BCUT2D eigenvalue weighted by Gasteiger charge is 2.33. The summed E-state index contributed by atoms with van der Waals surface area (Å²) in [4.78, 5) is 45.3. The Balaban J connectivity index is 1.80. The highest BCUT2D eigenvalue weighted by Crippen LogP contribution is 2.14. The lowest BCUT2D eigenvalue weighted by Crippen LogP contribution is -2.29. The molecule has 2 amide bonds. The fraction of sp³-hybridized carbons (Fsp3) is 0.231. The van der Waals surface area contributed by atoms with Crippen LogP contribution < -0.4 is 5.32 Å². The molecule has 0 radical (unpaired) electrons. The maximum absolute atomic E-state index is 11.7. The molecule has 1 atom stereocenters. The van der Waals surface area contributed by atoms with E-state index in [-0.39, 0.29) is 17.3 Å². The Bertz CT molecular complexity index is 557. The van der Waals surface area contributed by atoms with E-state index in [0.29, 0.717) is 5.56 Å². The predicted octanol–water partition coefficient (Wildman–Crippen LogP) is 0.518. The molecule has 1 N–H and O–H groups in total. The summed E-state index contributed by atoms with van der Waals surface area (Å²) >= 11 is 0.793. The van der Waals surface area contributed by atoms with Crippen molar-refractivity contribution in [3.05, 3.63) is 35.9 Å². The number of thioether (sulfide) groups is 1. The zero-order valence-electron chi connectivity index (χ0n) is 10.3. The first-order valence-electron chi connectivity index (χ1n) is 5.81. The van der Waals surface area contributed by atoms with Crippen molar-refractivity contribution in [3.63, 3.8) is 0 Å². The molecule has 1 aromatic carbocycles. The standard InChI is InChI=1S/C13H11NO5S/c15-10-6-9(12(17)14-10)19-11(16)7-20-13(18)8-4-2-1-3-5-8/h1-5,9H,6-7H2,(H,14,15,17)/t9-/m0/s1. The van der Waals surface area contributed by atoms with E-state index in [1.807, 2.05) is 5.32 Å². The number of rotatable bonds is 4. The van der Waals surface area contributed by atoms with Gasteiger partial charge in [0.25, 0.3) is 5.91 Å². The molecule has 0 unspecified atom stereocenters. The SMILES string of the molecule is O=C1C[C@H](OC(=O)CSC(=O)c2ccccc2)C(=O)N1. The third-order valence-corrected chi connectivity index (χ3v) is 3.41. The molecule has 1 aliphatic heterocycles. The molecule has 1 aromatic rings. The van der Waals surface area contributed by atoms with Crippen LogP contribution in [0.1, 0.15) is 16.8 Å². The second-order valence-corrected chi connectivity index (χ2v) is 4.99. The lowest BCUT2D eigenvalue weighted by molar-refractivity contribution is -0.151. The van der Waals surface area contributed by atoms with Gasteiger partial charge < -0.3 is 4.74 Å². The predicted molar refractivity (Wildman–Crippen MR) is 70.9 cm³/mol. The summed E-state index contributed by atoms with van der Waals surface area (Å²) in [5.74, 6) is -2.00. The molecule has 0 aromatic heterocycles. The molecule has 7 heteroatoms. The third-order valence-electron chi connectivity index (χ3n) is 2.53. The average Bonchev–Trinajstić information content (AvgIpc) is 2.75. The molecule has 0 saturated carbocycles. The summed E-state index contributed by atoms with van der Waals surface area (Å²) in [6.45, 7) is 0. The zero-order valence-corrected chi connectivity index (χ0v) is 11.1. The van der Waals surface area contributed by atoms with Crippen molar-refractivity contribution in [2.24, 2.45) is 0 Å². The summed E-state index contributed by atoms with van der Waals surface area (Å²) in [7, 11) is 0. The third kappa shape index (κ3) is 3.67. The van der Waals surface area contributed by atoms with E-state index in [0.717, 1.165) is 11.8 Å². The van der Waals surface area contributed by atoms with E-state index in [1.165, 1.54) is 0 Å². The topological polar surface area (TPSA) is 89.5 Å². The molecule has 1 saturated heterocycles. The Morgan fingerprint density at radius 3 is 2.55 bits per heavy atom. The van der Waals surface area contributed by atoms with E-state index >= 15 is 0 Å². The molecule has 20 heavy (non-hydrogen) atoms. The Kier molecular flexibility index (Phi) is 4.52. The molecular formula is C13H11NO5S. The molecule has 2 rings (SSSR count). The molecule has 0 aliphatic carbocycles. The fourth-order valence-corrected chi connectivity index (χ4v) is 2.22. The van der Waals surface area contributed by atoms with Gasteiger partial charge in [-0.3, -0.25) is 24.5 Å². The van der Waals surface area contributed by atoms with Crippen molar-refractivity contribution in [1.29, 1.82) is 0 Å². The first-order valence-corrected chi connectivity index (χ1v) is 6.80.